The van der Waals surface area contributed by atoms with Gasteiger partial charge in [-0.3, -0.25) is 9.78 Å². The Morgan fingerprint density at radius 2 is 1.87 bits per heavy atom. The zero-order valence-corrected chi connectivity index (χ0v) is 14.1. The van der Waals surface area contributed by atoms with E-state index in [1.807, 2.05) is 19.9 Å². The summed E-state index contributed by atoms with van der Waals surface area (Å²) in [6.07, 6.45) is 2.82. The summed E-state index contributed by atoms with van der Waals surface area (Å²) >= 11 is 0. The fourth-order valence-electron chi connectivity index (χ4n) is 2.63. The Morgan fingerprint density at radius 1 is 1.17 bits per heavy atom. The highest BCUT2D eigenvalue weighted by Gasteiger charge is 2.19. The standard InChI is InChI=1S/C17H21N3O3/c1-10(2)20-12(4)6-14(13(20)5)16(21)9-23-17(22)15-8-18-11(3)7-19-15/h6-8,10H,9H2,1-5H3. The first-order chi connectivity index (χ1) is 10.8. The number of rotatable bonds is 5. The molecule has 0 atom stereocenters. The van der Waals surface area contributed by atoms with Crippen molar-refractivity contribution in [3.63, 3.8) is 0 Å². The molecule has 0 spiro atoms. The number of hydrogen-bond donors (Lipinski definition) is 0. The number of ketones is 1. The van der Waals surface area contributed by atoms with Crippen molar-refractivity contribution in [2.45, 2.75) is 40.7 Å². The summed E-state index contributed by atoms with van der Waals surface area (Å²) in [5, 5.41) is 0. The minimum Gasteiger partial charge on any atom is -0.453 e. The summed E-state index contributed by atoms with van der Waals surface area (Å²) in [6.45, 7) is 9.44. The van der Waals surface area contributed by atoms with Gasteiger partial charge >= 0.3 is 5.97 Å². The van der Waals surface area contributed by atoms with E-state index >= 15 is 0 Å². The van der Waals surface area contributed by atoms with Crippen LogP contribution in [-0.4, -0.2) is 32.9 Å². The molecule has 0 aliphatic rings. The van der Waals surface area contributed by atoms with Crippen LogP contribution in [-0.2, 0) is 4.74 Å². The highest BCUT2D eigenvalue weighted by molar-refractivity contribution is 6.00. The molecular formula is C17H21N3O3. The predicted molar refractivity (Wildman–Crippen MR) is 85.7 cm³/mol. The number of aromatic nitrogens is 3. The van der Waals surface area contributed by atoms with Gasteiger partial charge in [-0.25, -0.2) is 9.78 Å². The van der Waals surface area contributed by atoms with Gasteiger partial charge in [-0.2, -0.15) is 0 Å². The van der Waals surface area contributed by atoms with Gasteiger partial charge in [0.1, 0.15) is 0 Å². The summed E-state index contributed by atoms with van der Waals surface area (Å²) in [4.78, 5) is 32.1. The molecule has 0 bridgehead atoms. The zero-order valence-electron chi connectivity index (χ0n) is 14.1. The topological polar surface area (TPSA) is 74.1 Å². The number of carbonyl (C=O) groups excluding carboxylic acids is 2. The molecule has 6 heteroatoms. The molecule has 0 saturated carbocycles. The molecule has 0 N–H and O–H groups in total. The average Bonchev–Trinajstić information content (AvgIpc) is 2.80. The fourth-order valence-corrected chi connectivity index (χ4v) is 2.63. The van der Waals surface area contributed by atoms with Crippen LogP contribution in [0.25, 0.3) is 0 Å². The van der Waals surface area contributed by atoms with Crippen molar-refractivity contribution in [1.29, 1.82) is 0 Å². The summed E-state index contributed by atoms with van der Waals surface area (Å²) in [7, 11) is 0. The van der Waals surface area contributed by atoms with Gasteiger partial charge in [-0.15, -0.1) is 0 Å². The largest absolute Gasteiger partial charge is 0.453 e. The molecule has 0 saturated heterocycles. The normalized spacial score (nSPS) is 10.9. The third-order valence-corrected chi connectivity index (χ3v) is 3.63. The molecule has 2 aromatic rings. The van der Waals surface area contributed by atoms with Crippen LogP contribution in [0, 0.1) is 20.8 Å². The molecule has 0 aromatic carbocycles. The number of Topliss-reactive ketones (excluding diaryl/α,β-unsaturated/α-hetero) is 1. The van der Waals surface area contributed by atoms with Gasteiger partial charge in [-0.1, -0.05) is 0 Å². The minimum absolute atomic E-state index is 0.0936. The molecule has 0 amide bonds. The van der Waals surface area contributed by atoms with Gasteiger partial charge in [0.2, 0.25) is 5.78 Å². The smallest absolute Gasteiger partial charge is 0.358 e. The van der Waals surface area contributed by atoms with Gasteiger partial charge < -0.3 is 9.30 Å². The lowest BCUT2D eigenvalue weighted by Gasteiger charge is -2.13. The first-order valence-corrected chi connectivity index (χ1v) is 7.48. The second kappa shape index (κ2) is 6.73. The molecule has 0 fully saturated rings. The Hall–Kier alpha value is -2.50. The lowest BCUT2D eigenvalue weighted by Crippen LogP contribution is -2.16. The Bertz CT molecular complexity index is 730. The van der Waals surface area contributed by atoms with Crippen LogP contribution in [0.2, 0.25) is 0 Å². The van der Waals surface area contributed by atoms with Crippen LogP contribution in [0.5, 0.6) is 0 Å². The van der Waals surface area contributed by atoms with Crippen LogP contribution >= 0.6 is 0 Å². The van der Waals surface area contributed by atoms with Crippen LogP contribution in [0.1, 0.15) is 57.8 Å². The van der Waals surface area contributed by atoms with Gasteiger partial charge in [-0.05, 0) is 40.7 Å². The van der Waals surface area contributed by atoms with Crippen LogP contribution in [0.15, 0.2) is 18.5 Å². The molecule has 2 rings (SSSR count). The van der Waals surface area contributed by atoms with E-state index < -0.39 is 5.97 Å². The Balaban J connectivity index is 2.07. The van der Waals surface area contributed by atoms with Crippen molar-refractivity contribution in [2.75, 3.05) is 6.61 Å². The van der Waals surface area contributed by atoms with E-state index in [1.165, 1.54) is 12.4 Å². The zero-order chi connectivity index (χ0) is 17.1. The van der Waals surface area contributed by atoms with E-state index in [1.54, 1.807) is 6.92 Å². The van der Waals surface area contributed by atoms with Crippen molar-refractivity contribution in [3.8, 4) is 0 Å². The predicted octanol–water partition coefficient (Wildman–Crippen LogP) is 2.82. The number of esters is 1. The summed E-state index contributed by atoms with van der Waals surface area (Å²) in [5.41, 5.74) is 3.28. The molecule has 6 nitrogen and oxygen atoms in total. The van der Waals surface area contributed by atoms with Crippen LogP contribution < -0.4 is 0 Å². The number of nitrogens with zero attached hydrogens (tertiary/aromatic N) is 3. The number of aryl methyl sites for hydroxylation is 2. The van der Waals surface area contributed by atoms with E-state index in [-0.39, 0.29) is 24.1 Å². The van der Waals surface area contributed by atoms with Gasteiger partial charge in [0.25, 0.3) is 0 Å². The average molecular weight is 315 g/mol. The summed E-state index contributed by atoms with van der Waals surface area (Å²) in [6, 6.07) is 2.10. The Morgan fingerprint density at radius 3 is 2.39 bits per heavy atom. The minimum atomic E-state index is -0.650. The highest BCUT2D eigenvalue weighted by atomic mass is 16.5. The van der Waals surface area contributed by atoms with E-state index in [9.17, 15) is 9.59 Å². The second-order valence-corrected chi connectivity index (χ2v) is 5.79. The molecule has 0 aliphatic carbocycles. The number of carbonyl (C=O) groups is 2. The van der Waals surface area contributed by atoms with E-state index in [0.717, 1.165) is 11.4 Å². The molecule has 0 radical (unpaired) electrons. The van der Waals surface area contributed by atoms with Gasteiger partial charge in [0, 0.05) is 29.2 Å². The van der Waals surface area contributed by atoms with Crippen molar-refractivity contribution in [1.82, 2.24) is 14.5 Å². The lowest BCUT2D eigenvalue weighted by atomic mass is 10.1. The molecule has 23 heavy (non-hydrogen) atoms. The van der Waals surface area contributed by atoms with E-state index in [2.05, 4.69) is 28.4 Å². The molecule has 2 aromatic heterocycles. The Labute approximate surface area is 135 Å². The summed E-state index contributed by atoms with van der Waals surface area (Å²) < 4.78 is 7.13. The third-order valence-electron chi connectivity index (χ3n) is 3.63. The van der Waals surface area contributed by atoms with Crippen molar-refractivity contribution >= 4 is 11.8 Å². The molecular weight excluding hydrogens is 294 g/mol. The maximum Gasteiger partial charge on any atom is 0.358 e. The number of ether oxygens (including phenoxy) is 1. The molecule has 2 heterocycles. The van der Waals surface area contributed by atoms with Crippen LogP contribution in [0.3, 0.4) is 0 Å². The fraction of sp³-hybridized carbons (Fsp3) is 0.412. The quantitative estimate of drug-likeness (QED) is 0.626. The third kappa shape index (κ3) is 3.64. The molecule has 122 valence electrons. The first-order valence-electron chi connectivity index (χ1n) is 7.48. The van der Waals surface area contributed by atoms with Crippen molar-refractivity contribution < 1.29 is 14.3 Å². The maximum absolute atomic E-state index is 12.3. The maximum atomic E-state index is 12.3. The SMILES string of the molecule is Cc1cnc(C(=O)OCC(=O)c2cc(C)n(C(C)C)c2C)cn1. The van der Waals surface area contributed by atoms with Crippen LogP contribution in [0.4, 0.5) is 0 Å². The second-order valence-electron chi connectivity index (χ2n) is 5.79. The highest BCUT2D eigenvalue weighted by Crippen LogP contribution is 2.20. The van der Waals surface area contributed by atoms with Gasteiger partial charge in [0.15, 0.2) is 12.3 Å². The van der Waals surface area contributed by atoms with E-state index in [4.69, 9.17) is 4.74 Å². The van der Waals surface area contributed by atoms with Crippen molar-refractivity contribution in [3.05, 3.63) is 46.8 Å². The first kappa shape index (κ1) is 16.9. The lowest BCUT2D eigenvalue weighted by molar-refractivity contribution is 0.0468. The van der Waals surface area contributed by atoms with E-state index in [0.29, 0.717) is 11.3 Å². The monoisotopic (exact) mass is 315 g/mol. The molecule has 0 unspecified atom stereocenters. The number of hydrogen-bond acceptors (Lipinski definition) is 5. The Kier molecular flexibility index (Phi) is 4.93. The van der Waals surface area contributed by atoms with Crippen molar-refractivity contribution in [2.24, 2.45) is 0 Å². The summed E-state index contributed by atoms with van der Waals surface area (Å²) in [5.74, 6) is -0.873. The molecule has 0 aliphatic heterocycles. The van der Waals surface area contributed by atoms with Gasteiger partial charge in [0.05, 0.1) is 11.9 Å².